The Bertz CT molecular complexity index is 271. The molecule has 0 aliphatic rings. The minimum atomic E-state index is -2.50. The first-order valence-electron chi connectivity index (χ1n) is 5.35. The quantitative estimate of drug-likeness (QED) is 0.229. The van der Waals surface area contributed by atoms with Crippen LogP contribution in [0.2, 0.25) is 0 Å². The second-order valence-corrected chi connectivity index (χ2v) is 3.54. The molecule has 0 aliphatic heterocycles. The third kappa shape index (κ3) is 5.04. The van der Waals surface area contributed by atoms with Crippen molar-refractivity contribution in [2.75, 3.05) is 13.2 Å². The van der Waals surface area contributed by atoms with Crippen LogP contribution in [0, 0.1) is 0 Å². The van der Waals surface area contributed by atoms with E-state index in [9.17, 15) is 20.1 Å². The molecule has 0 saturated carbocycles. The van der Waals surface area contributed by atoms with E-state index in [0.717, 1.165) is 0 Å². The summed E-state index contributed by atoms with van der Waals surface area (Å²) in [5.74, 6) is -1.20. The van der Waals surface area contributed by atoms with Crippen LogP contribution in [0.1, 0.15) is 7.79 Å². The molecule has 102 valence electrons. The summed E-state index contributed by atoms with van der Waals surface area (Å²) in [6.07, 6.45) is -11.4. The molecule has 0 spiro atoms. The molecular formula is C9H18O8. The molecule has 0 aromatic carbocycles. The smallest absolute Gasteiger partial charge is 0.166 e. The molecular weight excluding hydrogens is 236 g/mol. The van der Waals surface area contributed by atoms with Crippen LogP contribution < -0.4 is 0 Å². The van der Waals surface area contributed by atoms with Crippen molar-refractivity contribution in [3.63, 3.8) is 0 Å². The first kappa shape index (κ1) is 14.5. The Labute approximate surface area is 98.8 Å². The highest BCUT2D eigenvalue weighted by Crippen LogP contribution is 2.08. The number of aliphatic hydroxyl groups excluding tert-OH is 6. The normalized spacial score (nSPS) is 23.1. The van der Waals surface area contributed by atoms with Gasteiger partial charge in [0.1, 0.15) is 24.4 Å². The zero-order valence-electron chi connectivity index (χ0n) is 9.97. The number of hydrogen-bond acceptors (Lipinski definition) is 8. The van der Waals surface area contributed by atoms with Gasteiger partial charge < -0.3 is 35.7 Å². The molecule has 0 aromatic rings. The average Bonchev–Trinajstić information content (AvgIpc) is 2.34. The maximum Gasteiger partial charge on any atom is 0.166 e. The van der Waals surface area contributed by atoms with Gasteiger partial charge in [-0.3, -0.25) is 4.79 Å². The van der Waals surface area contributed by atoms with Crippen LogP contribution in [0.25, 0.3) is 0 Å². The van der Waals surface area contributed by atoms with Crippen LogP contribution in [0.15, 0.2) is 0 Å². The zero-order chi connectivity index (χ0) is 14.5. The first-order chi connectivity index (χ1) is 8.16. The van der Waals surface area contributed by atoms with Gasteiger partial charge >= 0.3 is 0 Å². The maximum absolute atomic E-state index is 11.3. The molecule has 1 unspecified atom stereocenters. The lowest BCUT2D eigenvalue weighted by molar-refractivity contribution is -0.149. The topological polar surface area (TPSA) is 159 Å². The van der Waals surface area contributed by atoms with Crippen LogP contribution in [0.3, 0.4) is 0 Å². The molecule has 0 heterocycles. The van der Waals surface area contributed by atoms with Crippen molar-refractivity contribution in [2.45, 2.75) is 36.9 Å². The molecule has 0 bridgehead atoms. The van der Waals surface area contributed by atoms with E-state index in [2.05, 4.69) is 0 Å². The van der Waals surface area contributed by atoms with Gasteiger partial charge in [-0.2, -0.15) is 0 Å². The molecule has 8 heteroatoms. The summed E-state index contributed by atoms with van der Waals surface area (Å²) in [6, 6.07) is 0. The first-order valence-corrected chi connectivity index (χ1v) is 4.85. The van der Waals surface area contributed by atoms with Crippen molar-refractivity contribution < 1.29 is 41.9 Å². The lowest BCUT2D eigenvalue weighted by Crippen LogP contribution is -2.49. The standard InChI is InChI=1S/C9H18O8/c10-2-4(12)1-5(13)7(15)9(17)8(16)6(14)3-11/h4,6-12,14-17H,1-3H2/t4?,6-,7+,8+,9-/m1/s1/i4D. The van der Waals surface area contributed by atoms with Crippen LogP contribution in [0.4, 0.5) is 0 Å². The number of rotatable bonds is 8. The molecule has 0 aliphatic carbocycles. The van der Waals surface area contributed by atoms with Gasteiger partial charge in [0.2, 0.25) is 0 Å². The van der Waals surface area contributed by atoms with Gasteiger partial charge in [0.05, 0.1) is 20.7 Å². The largest absolute Gasteiger partial charge is 0.394 e. The molecule has 0 amide bonds. The number of ketones is 1. The summed E-state index contributed by atoms with van der Waals surface area (Å²) in [7, 11) is 0. The van der Waals surface area contributed by atoms with E-state index < -0.39 is 55.9 Å². The van der Waals surface area contributed by atoms with E-state index in [0.29, 0.717) is 0 Å². The Morgan fingerprint density at radius 2 is 1.53 bits per heavy atom. The van der Waals surface area contributed by atoms with Crippen molar-refractivity contribution in [3.05, 3.63) is 0 Å². The highest BCUT2D eigenvalue weighted by atomic mass is 16.4. The fourth-order valence-corrected chi connectivity index (χ4v) is 1.07. The Kier molecular flexibility index (Phi) is 6.52. The lowest BCUT2D eigenvalue weighted by atomic mass is 9.98. The number of aliphatic hydroxyl groups is 7. The van der Waals surface area contributed by atoms with Crippen molar-refractivity contribution in [3.8, 4) is 0 Å². The maximum atomic E-state index is 11.3. The molecule has 0 radical (unpaired) electrons. The fraction of sp³-hybridized carbons (Fsp3) is 0.889. The number of carbonyl (C=O) groups excluding carboxylic acids is 1. The highest BCUT2D eigenvalue weighted by molar-refractivity contribution is 5.83. The number of Topliss-reactive ketones (excluding diaryl/α,β-unsaturated/α-hetero) is 1. The van der Waals surface area contributed by atoms with E-state index in [-0.39, 0.29) is 0 Å². The van der Waals surface area contributed by atoms with Crippen LogP contribution >= 0.6 is 0 Å². The predicted molar refractivity (Wildman–Crippen MR) is 53.8 cm³/mol. The van der Waals surface area contributed by atoms with Gasteiger partial charge in [0.25, 0.3) is 0 Å². The second-order valence-electron chi connectivity index (χ2n) is 3.54. The summed E-state index contributed by atoms with van der Waals surface area (Å²) in [4.78, 5) is 11.3. The summed E-state index contributed by atoms with van der Waals surface area (Å²) < 4.78 is 7.01. The molecule has 0 rings (SSSR count). The van der Waals surface area contributed by atoms with Gasteiger partial charge in [0.15, 0.2) is 5.78 Å². The molecule has 0 aromatic heterocycles. The third-order valence-electron chi connectivity index (χ3n) is 2.15. The molecule has 8 nitrogen and oxygen atoms in total. The van der Waals surface area contributed by atoms with Crippen LogP contribution in [-0.4, -0.2) is 85.2 Å². The molecule has 7 N–H and O–H groups in total. The van der Waals surface area contributed by atoms with E-state index in [1.165, 1.54) is 0 Å². The van der Waals surface area contributed by atoms with Crippen molar-refractivity contribution in [2.24, 2.45) is 0 Å². The Hall–Kier alpha value is -0.610. The fourth-order valence-electron chi connectivity index (χ4n) is 1.07. The van der Waals surface area contributed by atoms with Gasteiger partial charge in [-0.15, -0.1) is 0 Å². The van der Waals surface area contributed by atoms with Crippen molar-refractivity contribution in [1.82, 2.24) is 0 Å². The van der Waals surface area contributed by atoms with E-state index in [4.69, 9.17) is 21.8 Å². The van der Waals surface area contributed by atoms with Crippen LogP contribution in [-0.2, 0) is 4.79 Å². The van der Waals surface area contributed by atoms with Gasteiger partial charge in [0, 0.05) is 6.42 Å². The zero-order valence-corrected chi connectivity index (χ0v) is 8.97. The average molecular weight is 255 g/mol. The Morgan fingerprint density at radius 3 is 1.94 bits per heavy atom. The summed E-state index contributed by atoms with van der Waals surface area (Å²) in [5.41, 5.74) is 0. The van der Waals surface area contributed by atoms with Gasteiger partial charge in [-0.1, -0.05) is 0 Å². The summed E-state index contributed by atoms with van der Waals surface area (Å²) in [5, 5.41) is 63.0. The highest BCUT2D eigenvalue weighted by Gasteiger charge is 2.34. The van der Waals surface area contributed by atoms with Gasteiger partial charge in [-0.05, 0) is 0 Å². The molecule has 0 fully saturated rings. The Morgan fingerprint density at radius 1 is 1.00 bits per heavy atom. The predicted octanol–water partition coefficient (Wildman–Crippen LogP) is -4.27. The monoisotopic (exact) mass is 255 g/mol. The van der Waals surface area contributed by atoms with E-state index in [1.807, 2.05) is 0 Å². The molecule has 17 heavy (non-hydrogen) atoms. The third-order valence-corrected chi connectivity index (χ3v) is 2.15. The van der Waals surface area contributed by atoms with E-state index in [1.54, 1.807) is 0 Å². The SMILES string of the molecule is [2H]C(O)(CO)CC(=O)[C@H](O)[C@@H](O)[C@@H](O)[C@H](O)CO. The van der Waals surface area contributed by atoms with Crippen LogP contribution in [0.5, 0.6) is 0 Å². The number of carbonyl (C=O) groups is 1. The van der Waals surface area contributed by atoms with Crippen molar-refractivity contribution >= 4 is 5.78 Å². The minimum absolute atomic E-state index is 0.891. The second kappa shape index (κ2) is 7.67. The van der Waals surface area contributed by atoms with E-state index >= 15 is 0 Å². The number of hydrogen-bond donors (Lipinski definition) is 7. The van der Waals surface area contributed by atoms with Crippen molar-refractivity contribution in [1.29, 1.82) is 0 Å². The summed E-state index contributed by atoms with van der Waals surface area (Å²) >= 11 is 0. The van der Waals surface area contributed by atoms with Gasteiger partial charge in [-0.25, -0.2) is 0 Å². The Balaban J connectivity index is 4.55. The summed E-state index contributed by atoms with van der Waals surface area (Å²) in [6.45, 7) is -1.94. The molecule has 0 saturated heterocycles. The minimum Gasteiger partial charge on any atom is -0.394 e. The lowest BCUT2D eigenvalue weighted by Gasteiger charge is -2.25. The molecule has 5 atom stereocenters.